The summed E-state index contributed by atoms with van der Waals surface area (Å²) in [6.45, 7) is 4.31. The van der Waals surface area contributed by atoms with Gasteiger partial charge in [0.25, 0.3) is 0 Å². The molecule has 0 radical (unpaired) electrons. The Morgan fingerprint density at radius 3 is 2.94 bits per heavy atom. The molecule has 0 bridgehead atoms. The van der Waals surface area contributed by atoms with E-state index in [-0.39, 0.29) is 0 Å². The summed E-state index contributed by atoms with van der Waals surface area (Å²) in [6.07, 6.45) is 4.36. The maximum atomic E-state index is 11.5. The van der Waals surface area contributed by atoms with E-state index in [1.807, 2.05) is 26.2 Å². The van der Waals surface area contributed by atoms with Crippen LogP contribution in [0.3, 0.4) is 0 Å². The number of piperidine rings is 1. The molecule has 0 aliphatic carbocycles. The van der Waals surface area contributed by atoms with Crippen molar-refractivity contribution in [3.8, 4) is 0 Å². The van der Waals surface area contributed by atoms with Crippen LogP contribution in [0.1, 0.15) is 31.9 Å². The second-order valence-electron chi connectivity index (χ2n) is 5.23. The Hall–Kier alpha value is -1.36. The summed E-state index contributed by atoms with van der Waals surface area (Å²) in [6, 6.07) is 1.99. The van der Waals surface area contributed by atoms with Crippen LogP contribution in [0, 0.1) is 5.41 Å². The molecule has 1 aliphatic heterocycles. The van der Waals surface area contributed by atoms with Crippen molar-refractivity contribution in [1.82, 2.24) is 14.7 Å². The SMILES string of the molecule is CCC1(C(=O)O)CCCN(Cc2ccn(C)n2)C1. The predicted molar refractivity (Wildman–Crippen MR) is 68.1 cm³/mol. The van der Waals surface area contributed by atoms with Crippen LogP contribution in [0.2, 0.25) is 0 Å². The molecule has 1 N–H and O–H groups in total. The number of aromatic nitrogens is 2. The van der Waals surface area contributed by atoms with Gasteiger partial charge in [0.2, 0.25) is 0 Å². The van der Waals surface area contributed by atoms with Crippen molar-refractivity contribution in [3.63, 3.8) is 0 Å². The Balaban J connectivity index is 2.04. The predicted octanol–water partition coefficient (Wildman–Crippen LogP) is 1.50. The highest BCUT2D eigenvalue weighted by atomic mass is 16.4. The van der Waals surface area contributed by atoms with Crippen LogP contribution >= 0.6 is 0 Å². The third-order valence-electron chi connectivity index (χ3n) is 3.94. The number of carbonyl (C=O) groups is 1. The number of rotatable bonds is 4. The van der Waals surface area contributed by atoms with Crippen LogP contribution in [0.15, 0.2) is 12.3 Å². The topological polar surface area (TPSA) is 58.4 Å². The first-order chi connectivity index (χ1) is 8.55. The summed E-state index contributed by atoms with van der Waals surface area (Å²) in [7, 11) is 1.90. The van der Waals surface area contributed by atoms with Gasteiger partial charge in [0.05, 0.1) is 11.1 Å². The fraction of sp³-hybridized carbons (Fsp3) is 0.692. The molecule has 1 unspecified atom stereocenters. The van der Waals surface area contributed by atoms with E-state index >= 15 is 0 Å². The van der Waals surface area contributed by atoms with Gasteiger partial charge in [-0.05, 0) is 31.9 Å². The number of hydrogen-bond acceptors (Lipinski definition) is 3. The molecular weight excluding hydrogens is 230 g/mol. The van der Waals surface area contributed by atoms with E-state index in [1.165, 1.54) is 0 Å². The largest absolute Gasteiger partial charge is 0.481 e. The molecule has 1 aliphatic rings. The summed E-state index contributed by atoms with van der Waals surface area (Å²) in [5.74, 6) is -0.657. The molecule has 2 heterocycles. The first kappa shape index (κ1) is 13.1. The van der Waals surface area contributed by atoms with Gasteiger partial charge >= 0.3 is 5.97 Å². The summed E-state index contributed by atoms with van der Waals surface area (Å²) in [5.41, 5.74) is 0.447. The van der Waals surface area contributed by atoms with Gasteiger partial charge in [-0.2, -0.15) is 5.10 Å². The van der Waals surface area contributed by atoms with E-state index in [1.54, 1.807) is 4.68 Å². The standard InChI is InChI=1S/C13H21N3O2/c1-3-13(12(17)18)6-4-7-16(10-13)9-11-5-8-15(2)14-11/h5,8H,3-4,6-7,9-10H2,1-2H3,(H,17,18). The van der Waals surface area contributed by atoms with Crippen molar-refractivity contribution < 1.29 is 9.90 Å². The first-order valence-electron chi connectivity index (χ1n) is 6.50. The number of carboxylic acids is 1. The fourth-order valence-corrected chi connectivity index (χ4v) is 2.75. The maximum absolute atomic E-state index is 11.5. The van der Waals surface area contributed by atoms with Crippen LogP contribution in [0.4, 0.5) is 0 Å². The second-order valence-corrected chi connectivity index (χ2v) is 5.23. The number of nitrogens with zero attached hydrogens (tertiary/aromatic N) is 3. The lowest BCUT2D eigenvalue weighted by atomic mass is 9.77. The van der Waals surface area contributed by atoms with Crippen LogP contribution in [0.5, 0.6) is 0 Å². The summed E-state index contributed by atoms with van der Waals surface area (Å²) in [5, 5.41) is 13.8. The first-order valence-corrected chi connectivity index (χ1v) is 6.50. The molecule has 0 amide bonds. The highest BCUT2D eigenvalue weighted by molar-refractivity contribution is 5.75. The van der Waals surface area contributed by atoms with E-state index in [2.05, 4.69) is 10.00 Å². The molecule has 0 aromatic carbocycles. The lowest BCUT2D eigenvalue weighted by Crippen LogP contribution is -2.47. The molecule has 2 rings (SSSR count). The van der Waals surface area contributed by atoms with Gasteiger partial charge in [-0.1, -0.05) is 6.92 Å². The van der Waals surface area contributed by atoms with E-state index in [0.29, 0.717) is 13.0 Å². The lowest BCUT2D eigenvalue weighted by molar-refractivity contribution is -0.153. The third kappa shape index (κ3) is 2.56. The third-order valence-corrected chi connectivity index (χ3v) is 3.94. The Kier molecular flexibility index (Phi) is 3.71. The van der Waals surface area contributed by atoms with Gasteiger partial charge in [-0.25, -0.2) is 0 Å². The van der Waals surface area contributed by atoms with Gasteiger partial charge in [0.1, 0.15) is 0 Å². The Morgan fingerprint density at radius 2 is 2.39 bits per heavy atom. The summed E-state index contributed by atoms with van der Waals surface area (Å²) < 4.78 is 1.78. The Bertz CT molecular complexity index is 430. The minimum atomic E-state index is -0.657. The highest BCUT2D eigenvalue weighted by Crippen LogP contribution is 2.34. The van der Waals surface area contributed by atoms with Crippen molar-refractivity contribution in [2.45, 2.75) is 32.7 Å². The molecule has 5 heteroatoms. The molecule has 1 fully saturated rings. The van der Waals surface area contributed by atoms with Crippen LogP contribution in [-0.2, 0) is 18.4 Å². The average Bonchev–Trinajstić information content (AvgIpc) is 2.74. The van der Waals surface area contributed by atoms with Crippen molar-refractivity contribution >= 4 is 5.97 Å². The van der Waals surface area contributed by atoms with Crippen LogP contribution < -0.4 is 0 Å². The van der Waals surface area contributed by atoms with E-state index < -0.39 is 11.4 Å². The van der Waals surface area contributed by atoms with Gasteiger partial charge in [0, 0.05) is 26.3 Å². The van der Waals surface area contributed by atoms with Crippen LogP contribution in [-0.4, -0.2) is 38.8 Å². The Labute approximate surface area is 107 Å². The molecular formula is C13H21N3O2. The average molecular weight is 251 g/mol. The van der Waals surface area contributed by atoms with Gasteiger partial charge in [-0.15, -0.1) is 0 Å². The lowest BCUT2D eigenvalue weighted by Gasteiger charge is -2.39. The normalized spacial score (nSPS) is 25.2. The summed E-state index contributed by atoms with van der Waals surface area (Å²) >= 11 is 0. The molecule has 1 saturated heterocycles. The quantitative estimate of drug-likeness (QED) is 0.881. The second kappa shape index (κ2) is 5.10. The zero-order valence-electron chi connectivity index (χ0n) is 11.1. The molecule has 1 aromatic rings. The number of hydrogen-bond donors (Lipinski definition) is 1. The van der Waals surface area contributed by atoms with Gasteiger partial charge < -0.3 is 5.11 Å². The van der Waals surface area contributed by atoms with Crippen molar-refractivity contribution in [2.75, 3.05) is 13.1 Å². The molecule has 0 saturated carbocycles. The molecule has 100 valence electrons. The maximum Gasteiger partial charge on any atom is 0.310 e. The molecule has 1 atom stereocenters. The minimum Gasteiger partial charge on any atom is -0.481 e. The number of likely N-dealkylation sites (tertiary alicyclic amines) is 1. The van der Waals surface area contributed by atoms with Crippen molar-refractivity contribution in [1.29, 1.82) is 0 Å². The minimum absolute atomic E-state index is 0.562. The fourth-order valence-electron chi connectivity index (χ4n) is 2.75. The summed E-state index contributed by atoms with van der Waals surface area (Å²) in [4.78, 5) is 13.7. The van der Waals surface area contributed by atoms with E-state index in [4.69, 9.17) is 0 Å². The zero-order valence-corrected chi connectivity index (χ0v) is 11.1. The van der Waals surface area contributed by atoms with Gasteiger partial charge in [-0.3, -0.25) is 14.4 Å². The number of aliphatic carboxylic acids is 1. The van der Waals surface area contributed by atoms with Gasteiger partial charge in [0.15, 0.2) is 0 Å². The molecule has 1 aromatic heterocycles. The van der Waals surface area contributed by atoms with Crippen LogP contribution in [0.25, 0.3) is 0 Å². The molecule has 18 heavy (non-hydrogen) atoms. The highest BCUT2D eigenvalue weighted by Gasteiger charge is 2.40. The molecule has 5 nitrogen and oxygen atoms in total. The van der Waals surface area contributed by atoms with E-state index in [0.717, 1.165) is 31.6 Å². The smallest absolute Gasteiger partial charge is 0.310 e. The zero-order chi connectivity index (χ0) is 13.2. The van der Waals surface area contributed by atoms with Crippen molar-refractivity contribution in [2.24, 2.45) is 12.5 Å². The molecule has 0 spiro atoms. The monoisotopic (exact) mass is 251 g/mol. The number of carboxylic acid groups (broad SMARTS) is 1. The van der Waals surface area contributed by atoms with E-state index in [9.17, 15) is 9.90 Å². The van der Waals surface area contributed by atoms with Crippen molar-refractivity contribution in [3.05, 3.63) is 18.0 Å². The number of aryl methyl sites for hydroxylation is 1. The Morgan fingerprint density at radius 1 is 1.61 bits per heavy atom.